The van der Waals surface area contributed by atoms with Gasteiger partial charge in [-0.15, -0.1) is 11.3 Å². The first-order valence-electron chi connectivity index (χ1n) is 9.64. The summed E-state index contributed by atoms with van der Waals surface area (Å²) in [6.45, 7) is 10.8. The van der Waals surface area contributed by atoms with Gasteiger partial charge < -0.3 is 20.4 Å². The van der Waals surface area contributed by atoms with Crippen LogP contribution < -0.4 is 10.6 Å². The number of hydrogen-bond donors (Lipinski definition) is 1. The smallest absolute Gasteiger partial charge is 0.191 e. The Labute approximate surface area is 155 Å². The van der Waals surface area contributed by atoms with Gasteiger partial charge in [0.25, 0.3) is 0 Å². The van der Waals surface area contributed by atoms with Gasteiger partial charge in [-0.1, -0.05) is 6.92 Å². The molecule has 2 fully saturated rings. The van der Waals surface area contributed by atoms with E-state index >= 15 is 0 Å². The fraction of sp³-hybridized carbons (Fsp3) is 0.778. The Kier molecular flexibility index (Phi) is 6.93. The van der Waals surface area contributed by atoms with E-state index in [1.807, 2.05) is 11.6 Å². The summed E-state index contributed by atoms with van der Waals surface area (Å²) in [4.78, 5) is 16.1. The van der Waals surface area contributed by atoms with E-state index in [-0.39, 0.29) is 0 Å². The second kappa shape index (κ2) is 9.38. The summed E-state index contributed by atoms with van der Waals surface area (Å²) in [5.74, 6) is 1.58. The molecule has 2 saturated heterocycles. The molecule has 3 rings (SSSR count). The van der Waals surface area contributed by atoms with Gasteiger partial charge in [0.2, 0.25) is 0 Å². The number of unbranched alkanes of at least 4 members (excludes halogenated alkanes) is 1. The van der Waals surface area contributed by atoms with Gasteiger partial charge in [0.15, 0.2) is 11.1 Å². The van der Waals surface area contributed by atoms with E-state index in [9.17, 15) is 0 Å². The van der Waals surface area contributed by atoms with E-state index in [2.05, 4.69) is 31.6 Å². The Balaban J connectivity index is 1.31. The molecule has 7 heteroatoms. The SMILES string of the molecule is CC1CCCN(CCCCN=C(N)N2CCN(c3nccs3)CC2)C1. The van der Waals surface area contributed by atoms with Gasteiger partial charge in [-0.3, -0.25) is 4.99 Å². The number of nitrogens with two attached hydrogens (primary N) is 1. The number of piperazine rings is 1. The summed E-state index contributed by atoms with van der Waals surface area (Å²) in [5.41, 5.74) is 6.19. The lowest BCUT2D eigenvalue weighted by molar-refractivity contribution is 0.181. The van der Waals surface area contributed by atoms with E-state index in [1.54, 1.807) is 11.3 Å². The number of hydrogen-bond acceptors (Lipinski definition) is 5. The van der Waals surface area contributed by atoms with Crippen molar-refractivity contribution in [2.45, 2.75) is 32.6 Å². The molecule has 2 aliphatic heterocycles. The highest BCUT2D eigenvalue weighted by atomic mass is 32.1. The summed E-state index contributed by atoms with van der Waals surface area (Å²) < 4.78 is 0. The number of nitrogens with zero attached hydrogens (tertiary/aromatic N) is 5. The van der Waals surface area contributed by atoms with Crippen LogP contribution >= 0.6 is 11.3 Å². The normalized spacial score (nSPS) is 23.2. The fourth-order valence-corrected chi connectivity index (χ4v) is 4.43. The molecule has 1 aromatic heterocycles. The predicted octanol–water partition coefficient (Wildman–Crippen LogP) is 2.09. The van der Waals surface area contributed by atoms with E-state index in [1.165, 1.54) is 38.9 Å². The first-order chi connectivity index (χ1) is 12.2. The van der Waals surface area contributed by atoms with Crippen molar-refractivity contribution in [3.63, 3.8) is 0 Å². The van der Waals surface area contributed by atoms with Crippen molar-refractivity contribution in [2.75, 3.05) is 57.3 Å². The van der Waals surface area contributed by atoms with Crippen LogP contribution in [0.1, 0.15) is 32.6 Å². The number of aromatic nitrogens is 1. The molecule has 3 heterocycles. The van der Waals surface area contributed by atoms with Gasteiger partial charge in [-0.2, -0.15) is 0 Å². The number of anilines is 1. The number of guanidine groups is 1. The molecular formula is C18H32N6S. The molecule has 1 unspecified atom stereocenters. The zero-order chi connectivity index (χ0) is 17.5. The zero-order valence-corrected chi connectivity index (χ0v) is 16.3. The summed E-state index contributed by atoms with van der Waals surface area (Å²) in [5, 5.41) is 3.14. The molecule has 2 aliphatic rings. The molecule has 0 spiro atoms. The fourth-order valence-electron chi connectivity index (χ4n) is 3.73. The van der Waals surface area contributed by atoms with Gasteiger partial charge in [0.05, 0.1) is 0 Å². The molecule has 25 heavy (non-hydrogen) atoms. The van der Waals surface area contributed by atoms with Crippen molar-refractivity contribution in [3.8, 4) is 0 Å². The zero-order valence-electron chi connectivity index (χ0n) is 15.4. The maximum atomic E-state index is 6.19. The van der Waals surface area contributed by atoms with Crippen LogP contribution in [-0.2, 0) is 0 Å². The van der Waals surface area contributed by atoms with Crippen molar-refractivity contribution in [1.29, 1.82) is 0 Å². The molecule has 0 aliphatic carbocycles. The topological polar surface area (TPSA) is 61.0 Å². The summed E-state index contributed by atoms with van der Waals surface area (Å²) in [6, 6.07) is 0. The third-order valence-corrected chi connectivity index (χ3v) is 6.02. The Morgan fingerprint density at radius 2 is 2.12 bits per heavy atom. The molecule has 6 nitrogen and oxygen atoms in total. The average Bonchev–Trinajstić information content (AvgIpc) is 3.16. The third-order valence-electron chi connectivity index (χ3n) is 5.19. The molecule has 0 radical (unpaired) electrons. The minimum absolute atomic E-state index is 0.713. The van der Waals surface area contributed by atoms with Crippen LogP contribution in [-0.4, -0.2) is 73.1 Å². The van der Waals surface area contributed by atoms with Gasteiger partial charge in [-0.05, 0) is 44.7 Å². The molecule has 1 atom stereocenters. The van der Waals surface area contributed by atoms with Crippen LogP contribution in [0.5, 0.6) is 0 Å². The standard InChI is InChI=1S/C18H32N6S/c1-16-5-4-9-22(15-16)8-3-2-6-20-17(19)23-10-12-24(13-11-23)18-21-7-14-25-18/h7,14,16H,2-6,8-13,15H2,1H3,(H2,19,20). The number of piperidine rings is 1. The Morgan fingerprint density at radius 3 is 2.84 bits per heavy atom. The van der Waals surface area contributed by atoms with Gasteiger partial charge >= 0.3 is 0 Å². The highest BCUT2D eigenvalue weighted by Crippen LogP contribution is 2.19. The van der Waals surface area contributed by atoms with Gasteiger partial charge in [-0.25, -0.2) is 4.98 Å². The monoisotopic (exact) mass is 364 g/mol. The summed E-state index contributed by atoms with van der Waals surface area (Å²) in [6.07, 6.45) is 6.98. The molecule has 2 N–H and O–H groups in total. The highest BCUT2D eigenvalue weighted by Gasteiger charge is 2.19. The van der Waals surface area contributed by atoms with Crippen LogP contribution in [0.2, 0.25) is 0 Å². The third kappa shape index (κ3) is 5.57. The van der Waals surface area contributed by atoms with E-state index in [0.717, 1.165) is 50.2 Å². The van der Waals surface area contributed by atoms with E-state index < -0.39 is 0 Å². The lowest BCUT2D eigenvalue weighted by atomic mass is 10.0. The average molecular weight is 365 g/mol. The molecule has 0 aromatic carbocycles. The minimum Gasteiger partial charge on any atom is -0.370 e. The van der Waals surface area contributed by atoms with Crippen molar-refractivity contribution in [3.05, 3.63) is 11.6 Å². The van der Waals surface area contributed by atoms with Crippen molar-refractivity contribution in [2.24, 2.45) is 16.6 Å². The maximum Gasteiger partial charge on any atom is 0.191 e. The lowest BCUT2D eigenvalue weighted by Gasteiger charge is -2.35. The van der Waals surface area contributed by atoms with Crippen LogP contribution in [0.4, 0.5) is 5.13 Å². The quantitative estimate of drug-likeness (QED) is 0.476. The van der Waals surface area contributed by atoms with Crippen LogP contribution in [0.3, 0.4) is 0 Å². The van der Waals surface area contributed by atoms with Crippen LogP contribution in [0, 0.1) is 5.92 Å². The maximum absolute atomic E-state index is 6.19. The second-order valence-electron chi connectivity index (χ2n) is 7.28. The minimum atomic E-state index is 0.713. The van der Waals surface area contributed by atoms with Crippen molar-refractivity contribution >= 4 is 22.4 Å². The molecule has 1 aromatic rings. The van der Waals surface area contributed by atoms with Crippen LogP contribution in [0.25, 0.3) is 0 Å². The number of aliphatic imine (C=N–C) groups is 1. The number of thiazole rings is 1. The Hall–Kier alpha value is -1.34. The summed E-state index contributed by atoms with van der Waals surface area (Å²) in [7, 11) is 0. The first-order valence-corrected chi connectivity index (χ1v) is 10.5. The van der Waals surface area contributed by atoms with Crippen LogP contribution in [0.15, 0.2) is 16.6 Å². The number of rotatable bonds is 6. The van der Waals surface area contributed by atoms with Gasteiger partial charge in [0.1, 0.15) is 0 Å². The molecule has 0 bridgehead atoms. The lowest BCUT2D eigenvalue weighted by Crippen LogP contribution is -2.51. The van der Waals surface area contributed by atoms with Gasteiger partial charge in [0, 0.05) is 50.8 Å². The molecule has 0 saturated carbocycles. The molecule has 0 amide bonds. The predicted molar refractivity (Wildman–Crippen MR) is 106 cm³/mol. The Bertz CT molecular complexity index is 524. The largest absolute Gasteiger partial charge is 0.370 e. The first kappa shape index (κ1) is 18.5. The second-order valence-corrected chi connectivity index (χ2v) is 8.16. The molecule has 140 valence electrons. The molecular weight excluding hydrogens is 332 g/mol. The number of likely N-dealkylation sites (tertiary alicyclic amines) is 1. The van der Waals surface area contributed by atoms with Crippen molar-refractivity contribution in [1.82, 2.24) is 14.8 Å². The van der Waals surface area contributed by atoms with E-state index in [4.69, 9.17) is 5.73 Å². The highest BCUT2D eigenvalue weighted by molar-refractivity contribution is 7.13. The summed E-state index contributed by atoms with van der Waals surface area (Å²) >= 11 is 1.70. The van der Waals surface area contributed by atoms with E-state index in [0.29, 0.717) is 5.96 Å². The van der Waals surface area contributed by atoms with Crippen molar-refractivity contribution < 1.29 is 0 Å². The Morgan fingerprint density at radius 1 is 1.28 bits per heavy atom.